The van der Waals surface area contributed by atoms with Crippen LogP contribution in [0.4, 0.5) is 0 Å². The van der Waals surface area contributed by atoms with Crippen LogP contribution in [-0.2, 0) is 10.8 Å². The van der Waals surface area contributed by atoms with E-state index in [0.29, 0.717) is 45.2 Å². The molecule has 1 heterocycles. The van der Waals surface area contributed by atoms with Crippen molar-refractivity contribution in [3.63, 3.8) is 0 Å². The summed E-state index contributed by atoms with van der Waals surface area (Å²) in [7, 11) is -0.950. The second-order valence-electron chi connectivity index (χ2n) is 6.18. The zero-order valence-corrected chi connectivity index (χ0v) is 17.9. The van der Waals surface area contributed by atoms with Crippen molar-refractivity contribution in [2.45, 2.75) is 0 Å². The highest BCUT2D eigenvalue weighted by Crippen LogP contribution is 2.29. The number of nitrogens with zero attached hydrogens (tertiary/aromatic N) is 1. The van der Waals surface area contributed by atoms with Crippen LogP contribution in [0.3, 0.4) is 0 Å². The van der Waals surface area contributed by atoms with Crippen molar-refractivity contribution in [1.82, 2.24) is 10.3 Å². The molecule has 1 atom stereocenters. The van der Waals surface area contributed by atoms with Crippen molar-refractivity contribution in [3.05, 3.63) is 76.3 Å². The first-order chi connectivity index (χ1) is 13.9. The lowest BCUT2D eigenvalue weighted by atomic mass is 10.1. The highest BCUT2D eigenvalue weighted by Gasteiger charge is 2.09. The van der Waals surface area contributed by atoms with Crippen LogP contribution in [0.25, 0.3) is 11.3 Å². The monoisotopic (exact) mass is 448 g/mol. The Kier molecular flexibility index (Phi) is 7.25. The molecule has 0 fully saturated rings. The van der Waals surface area contributed by atoms with Crippen LogP contribution in [0, 0.1) is 0 Å². The first-order valence-corrected chi connectivity index (χ1v) is 11.2. The lowest BCUT2D eigenvalue weighted by Gasteiger charge is -2.09. The molecule has 0 radical (unpaired) electrons. The first-order valence-electron chi connectivity index (χ1n) is 8.70. The molecule has 1 amide bonds. The molecule has 0 spiro atoms. The van der Waals surface area contributed by atoms with E-state index in [4.69, 9.17) is 27.9 Å². The Balaban J connectivity index is 1.78. The quantitative estimate of drug-likeness (QED) is 0.554. The van der Waals surface area contributed by atoms with Crippen molar-refractivity contribution in [1.29, 1.82) is 0 Å². The van der Waals surface area contributed by atoms with Crippen LogP contribution in [0.2, 0.25) is 10.0 Å². The number of hydrogen-bond acceptors (Lipinski definition) is 4. The van der Waals surface area contributed by atoms with Gasteiger partial charge in [-0.3, -0.25) is 9.00 Å². The van der Waals surface area contributed by atoms with Crippen LogP contribution in [-0.4, -0.2) is 33.7 Å². The van der Waals surface area contributed by atoms with Crippen molar-refractivity contribution in [3.8, 4) is 22.9 Å². The maximum Gasteiger partial charge on any atom is 0.251 e. The van der Waals surface area contributed by atoms with Crippen LogP contribution in [0.5, 0.6) is 11.6 Å². The fourth-order valence-electron chi connectivity index (χ4n) is 2.57. The fourth-order valence-corrected chi connectivity index (χ4v) is 3.47. The van der Waals surface area contributed by atoms with Crippen LogP contribution < -0.4 is 10.1 Å². The van der Waals surface area contributed by atoms with Gasteiger partial charge in [0.2, 0.25) is 5.88 Å². The normalized spacial score (nSPS) is 11.7. The van der Waals surface area contributed by atoms with E-state index in [1.807, 2.05) is 18.2 Å². The number of rotatable bonds is 7. The number of nitrogens with one attached hydrogen (secondary N) is 1. The molecule has 1 aromatic heterocycles. The summed E-state index contributed by atoms with van der Waals surface area (Å²) in [6.45, 7) is 0.357. The maximum atomic E-state index is 12.3. The van der Waals surface area contributed by atoms with E-state index >= 15 is 0 Å². The molecule has 0 aliphatic carbocycles. The Morgan fingerprint density at radius 1 is 1.07 bits per heavy atom. The van der Waals surface area contributed by atoms with Gasteiger partial charge in [-0.1, -0.05) is 41.4 Å². The lowest BCUT2D eigenvalue weighted by molar-refractivity contribution is 0.0956. The van der Waals surface area contributed by atoms with Gasteiger partial charge in [0.25, 0.3) is 5.91 Å². The van der Waals surface area contributed by atoms with Gasteiger partial charge < -0.3 is 10.1 Å². The zero-order valence-electron chi connectivity index (χ0n) is 15.5. The average molecular weight is 449 g/mol. The Morgan fingerprint density at radius 2 is 1.79 bits per heavy atom. The van der Waals surface area contributed by atoms with Gasteiger partial charge in [-0.15, -0.1) is 0 Å². The summed E-state index contributed by atoms with van der Waals surface area (Å²) < 4.78 is 16.9. The van der Waals surface area contributed by atoms with Crippen molar-refractivity contribution < 1.29 is 13.7 Å². The minimum atomic E-state index is -0.950. The molecule has 0 aliphatic rings. The number of ether oxygens (including phenoxy) is 1. The highest BCUT2D eigenvalue weighted by atomic mass is 35.5. The minimum Gasteiger partial charge on any atom is -0.439 e. The molecule has 5 nitrogen and oxygen atoms in total. The van der Waals surface area contributed by atoms with E-state index < -0.39 is 10.8 Å². The molecular weight excluding hydrogens is 431 g/mol. The van der Waals surface area contributed by atoms with Crippen LogP contribution in [0.1, 0.15) is 10.4 Å². The number of hydrogen-bond donors (Lipinski definition) is 1. The van der Waals surface area contributed by atoms with E-state index in [1.54, 1.807) is 48.7 Å². The third kappa shape index (κ3) is 6.29. The summed E-state index contributed by atoms with van der Waals surface area (Å²) in [5, 5.41) is 3.70. The standard InChI is InChI=1S/C21H18Cl2N2O3S/c1-29(27)9-8-24-21(26)15-5-2-4-14(10-15)19-6-3-7-20(25-19)28-18-12-16(22)11-17(23)13-18/h2-7,10-13H,8-9H2,1H3,(H,24,26). The van der Waals surface area contributed by atoms with Crippen molar-refractivity contribution in [2.24, 2.45) is 0 Å². The van der Waals surface area contributed by atoms with E-state index in [2.05, 4.69) is 10.3 Å². The molecule has 8 heteroatoms. The van der Waals surface area contributed by atoms with E-state index in [1.165, 1.54) is 0 Å². The molecule has 0 saturated carbocycles. The molecule has 0 bridgehead atoms. The van der Waals surface area contributed by atoms with Crippen LogP contribution in [0.15, 0.2) is 60.7 Å². The Bertz CT molecular complexity index is 1040. The highest BCUT2D eigenvalue weighted by molar-refractivity contribution is 7.84. The van der Waals surface area contributed by atoms with Gasteiger partial charge in [0.05, 0.1) is 5.69 Å². The van der Waals surface area contributed by atoms with Gasteiger partial charge in [-0.05, 0) is 36.4 Å². The van der Waals surface area contributed by atoms with E-state index in [9.17, 15) is 9.00 Å². The molecule has 1 N–H and O–H groups in total. The number of aromatic nitrogens is 1. The minimum absolute atomic E-state index is 0.224. The number of pyridine rings is 1. The van der Waals surface area contributed by atoms with Crippen LogP contribution >= 0.6 is 23.2 Å². The van der Waals surface area contributed by atoms with Gasteiger partial charge in [0.1, 0.15) is 5.75 Å². The van der Waals surface area contributed by atoms with Gasteiger partial charge in [0.15, 0.2) is 0 Å². The summed E-state index contributed by atoms with van der Waals surface area (Å²) in [5.41, 5.74) is 1.92. The number of halogens is 2. The number of carbonyl (C=O) groups is 1. The average Bonchev–Trinajstić information content (AvgIpc) is 2.67. The van der Waals surface area contributed by atoms with Gasteiger partial charge in [0, 0.05) is 56.6 Å². The summed E-state index contributed by atoms with van der Waals surface area (Å²) >= 11 is 12.0. The summed E-state index contributed by atoms with van der Waals surface area (Å²) in [6.07, 6.45) is 1.60. The number of amides is 1. The number of carbonyl (C=O) groups excluding carboxylic acids is 1. The van der Waals surface area contributed by atoms with Gasteiger partial charge in [-0.2, -0.15) is 0 Å². The molecule has 3 rings (SSSR count). The van der Waals surface area contributed by atoms with Gasteiger partial charge >= 0.3 is 0 Å². The SMILES string of the molecule is CS(=O)CCNC(=O)c1cccc(-c2cccc(Oc3cc(Cl)cc(Cl)c3)n2)c1. The smallest absolute Gasteiger partial charge is 0.251 e. The maximum absolute atomic E-state index is 12.3. The fraction of sp³-hybridized carbons (Fsp3) is 0.143. The summed E-state index contributed by atoms with van der Waals surface area (Å²) in [4.78, 5) is 16.8. The molecule has 150 valence electrons. The molecule has 1 unspecified atom stereocenters. The molecular formula is C21H18Cl2N2O3S. The topological polar surface area (TPSA) is 68.3 Å². The summed E-state index contributed by atoms with van der Waals surface area (Å²) in [6, 6.07) is 17.4. The molecule has 2 aromatic carbocycles. The van der Waals surface area contributed by atoms with Crippen molar-refractivity contribution >= 4 is 39.9 Å². The van der Waals surface area contributed by atoms with Gasteiger partial charge in [-0.25, -0.2) is 4.98 Å². The zero-order chi connectivity index (χ0) is 20.8. The third-order valence-corrected chi connectivity index (χ3v) is 5.09. The Labute approximate surface area is 181 Å². The van der Waals surface area contributed by atoms with Crippen molar-refractivity contribution in [2.75, 3.05) is 18.6 Å². The largest absolute Gasteiger partial charge is 0.439 e. The first kappa shape index (κ1) is 21.3. The molecule has 29 heavy (non-hydrogen) atoms. The molecule has 0 aliphatic heterocycles. The second-order valence-corrected chi connectivity index (χ2v) is 8.61. The predicted octanol–water partition coefficient (Wildman–Crippen LogP) is 4.96. The Morgan fingerprint density at radius 3 is 2.52 bits per heavy atom. The number of benzene rings is 2. The predicted molar refractivity (Wildman–Crippen MR) is 117 cm³/mol. The third-order valence-electron chi connectivity index (χ3n) is 3.88. The molecule has 3 aromatic rings. The van der Waals surface area contributed by atoms with E-state index in [-0.39, 0.29) is 5.91 Å². The summed E-state index contributed by atoms with van der Waals surface area (Å²) in [5.74, 6) is 1.05. The van der Waals surface area contributed by atoms with E-state index in [0.717, 1.165) is 5.56 Å². The second kappa shape index (κ2) is 9.87. The molecule has 0 saturated heterocycles. The lowest BCUT2D eigenvalue weighted by Crippen LogP contribution is -2.27. The Hall–Kier alpha value is -2.41.